The zero-order chi connectivity index (χ0) is 21.7. The highest BCUT2D eigenvalue weighted by atomic mass is 16.5. The Balaban J connectivity index is 0.000000688. The van der Waals surface area contributed by atoms with Crippen molar-refractivity contribution in [3.05, 3.63) is 24.0 Å². The lowest BCUT2D eigenvalue weighted by molar-refractivity contribution is 0.187. The average Bonchev–Trinajstić information content (AvgIpc) is 3.01. The molecule has 0 aliphatic heterocycles. The maximum Gasteiger partial charge on any atom is 0.411 e. The highest BCUT2D eigenvalue weighted by molar-refractivity contribution is 5.88. The van der Waals surface area contributed by atoms with Gasteiger partial charge in [-0.1, -0.05) is 80.6 Å². The molecular weight excluding hydrogens is 350 g/mol. The maximum absolute atomic E-state index is 11.2. The van der Waals surface area contributed by atoms with Crippen LogP contribution in [-0.2, 0) is 17.2 Å². The topological polar surface area (TPSA) is 56.1 Å². The lowest BCUT2D eigenvalue weighted by atomic mass is 9.96. The van der Waals surface area contributed by atoms with Crippen LogP contribution in [0, 0.1) is 0 Å². The molecular formula is C23H41N3O2. The summed E-state index contributed by atoms with van der Waals surface area (Å²) in [6.45, 7) is 14.9. The summed E-state index contributed by atoms with van der Waals surface area (Å²) in [6, 6.07) is 5.64. The summed E-state index contributed by atoms with van der Waals surface area (Å²) < 4.78 is 6.65. The normalized spacial score (nSPS) is 10.5. The number of nitrogens with zero attached hydrogens (tertiary/aromatic N) is 2. The average molecular weight is 392 g/mol. The molecule has 2 aromatic rings. The van der Waals surface area contributed by atoms with Gasteiger partial charge in [-0.15, -0.1) is 0 Å². The summed E-state index contributed by atoms with van der Waals surface area (Å²) in [5.41, 5.74) is 2.56. The lowest BCUT2D eigenvalue weighted by Crippen LogP contribution is -2.17. The highest BCUT2D eigenvalue weighted by Crippen LogP contribution is 2.26. The summed E-state index contributed by atoms with van der Waals surface area (Å²) in [5, 5.41) is 2.64. The minimum Gasteiger partial charge on any atom is -0.453 e. The van der Waals surface area contributed by atoms with Crippen LogP contribution in [0.5, 0.6) is 0 Å². The van der Waals surface area contributed by atoms with Crippen LogP contribution >= 0.6 is 0 Å². The van der Waals surface area contributed by atoms with Gasteiger partial charge in [0, 0.05) is 18.2 Å². The second-order valence-electron chi connectivity index (χ2n) is 7.63. The number of methoxy groups -OCH3 is 1. The van der Waals surface area contributed by atoms with E-state index >= 15 is 0 Å². The Kier molecular flexibility index (Phi) is 12.2. The van der Waals surface area contributed by atoms with Crippen LogP contribution in [0.4, 0.5) is 10.5 Å². The summed E-state index contributed by atoms with van der Waals surface area (Å²) in [7, 11) is 3.34. The number of amides is 1. The first kappa shape index (κ1) is 26.0. The van der Waals surface area contributed by atoms with Crippen LogP contribution in [-0.4, -0.2) is 22.8 Å². The SMILES string of the molecule is CC.CCCCCCC.COC(=O)Nc1ccc2c(c1)nc(C(C)(C)C)n2C. The zero-order valence-electron chi connectivity index (χ0n) is 19.5. The molecule has 0 aliphatic rings. The number of anilines is 1. The summed E-state index contributed by atoms with van der Waals surface area (Å²) in [4.78, 5) is 15.8. The van der Waals surface area contributed by atoms with E-state index in [0.29, 0.717) is 5.69 Å². The Morgan fingerprint density at radius 3 is 2.14 bits per heavy atom. The number of nitrogens with one attached hydrogen (secondary N) is 1. The molecule has 28 heavy (non-hydrogen) atoms. The molecule has 1 aromatic carbocycles. The summed E-state index contributed by atoms with van der Waals surface area (Å²) in [5.74, 6) is 1.01. The molecule has 0 unspecified atom stereocenters. The van der Waals surface area contributed by atoms with Crippen molar-refractivity contribution in [2.75, 3.05) is 12.4 Å². The third kappa shape index (κ3) is 8.32. The molecule has 0 spiro atoms. The van der Waals surface area contributed by atoms with E-state index in [4.69, 9.17) is 0 Å². The molecule has 0 aliphatic carbocycles. The Hall–Kier alpha value is -2.04. The number of unbranched alkanes of at least 4 members (excludes halogenated alkanes) is 4. The number of ether oxygens (including phenoxy) is 1. The Labute approximate surface area is 171 Å². The summed E-state index contributed by atoms with van der Waals surface area (Å²) in [6.07, 6.45) is 6.53. The van der Waals surface area contributed by atoms with Gasteiger partial charge in [0.2, 0.25) is 0 Å². The van der Waals surface area contributed by atoms with Gasteiger partial charge in [0.05, 0.1) is 18.1 Å². The van der Waals surface area contributed by atoms with E-state index < -0.39 is 6.09 Å². The molecule has 1 heterocycles. The van der Waals surface area contributed by atoms with E-state index in [-0.39, 0.29) is 5.41 Å². The van der Waals surface area contributed by atoms with Crippen LogP contribution in [0.15, 0.2) is 18.2 Å². The maximum atomic E-state index is 11.2. The molecule has 1 N–H and O–H groups in total. The molecule has 160 valence electrons. The fourth-order valence-electron chi connectivity index (χ4n) is 2.79. The third-order valence-electron chi connectivity index (χ3n) is 4.19. The molecule has 0 radical (unpaired) electrons. The highest BCUT2D eigenvalue weighted by Gasteiger charge is 2.21. The fourth-order valence-corrected chi connectivity index (χ4v) is 2.79. The Bertz CT molecular complexity index is 696. The van der Waals surface area contributed by atoms with E-state index in [1.165, 1.54) is 39.2 Å². The van der Waals surface area contributed by atoms with Gasteiger partial charge in [-0.2, -0.15) is 0 Å². The minimum atomic E-state index is -0.480. The second-order valence-corrected chi connectivity index (χ2v) is 7.63. The van der Waals surface area contributed by atoms with Gasteiger partial charge in [-0.3, -0.25) is 5.32 Å². The number of rotatable bonds is 5. The quantitative estimate of drug-likeness (QED) is 0.555. The number of carbonyl (C=O) groups is 1. The first-order chi connectivity index (χ1) is 13.2. The van der Waals surface area contributed by atoms with Crippen molar-refractivity contribution in [2.45, 2.75) is 86.0 Å². The van der Waals surface area contributed by atoms with E-state index in [1.807, 2.05) is 39.1 Å². The number of aryl methyl sites for hydroxylation is 1. The van der Waals surface area contributed by atoms with E-state index in [0.717, 1.165) is 16.9 Å². The van der Waals surface area contributed by atoms with Crippen LogP contribution in [0.2, 0.25) is 0 Å². The van der Waals surface area contributed by atoms with Crippen molar-refractivity contribution < 1.29 is 9.53 Å². The first-order valence-corrected chi connectivity index (χ1v) is 10.6. The smallest absolute Gasteiger partial charge is 0.411 e. The van der Waals surface area contributed by atoms with Gasteiger partial charge >= 0.3 is 6.09 Å². The van der Waals surface area contributed by atoms with Crippen LogP contribution in [0.1, 0.15) is 86.4 Å². The number of aromatic nitrogens is 2. The van der Waals surface area contributed by atoms with Crippen LogP contribution in [0.25, 0.3) is 11.0 Å². The lowest BCUT2D eigenvalue weighted by Gasteiger charge is -2.17. The van der Waals surface area contributed by atoms with Crippen LogP contribution < -0.4 is 5.32 Å². The summed E-state index contributed by atoms with van der Waals surface area (Å²) >= 11 is 0. The van der Waals surface area contributed by atoms with Gasteiger partial charge in [-0.25, -0.2) is 9.78 Å². The van der Waals surface area contributed by atoms with Crippen molar-refractivity contribution in [1.29, 1.82) is 0 Å². The van der Waals surface area contributed by atoms with Gasteiger partial charge in [0.1, 0.15) is 5.82 Å². The fraction of sp³-hybridized carbons (Fsp3) is 0.652. The van der Waals surface area contributed by atoms with Crippen molar-refractivity contribution in [3.8, 4) is 0 Å². The molecule has 1 aromatic heterocycles. The van der Waals surface area contributed by atoms with Crippen molar-refractivity contribution in [1.82, 2.24) is 9.55 Å². The van der Waals surface area contributed by atoms with Crippen LogP contribution in [0.3, 0.4) is 0 Å². The predicted molar refractivity (Wildman–Crippen MR) is 121 cm³/mol. The molecule has 0 fully saturated rings. The Morgan fingerprint density at radius 1 is 1.11 bits per heavy atom. The van der Waals surface area contributed by atoms with Crippen molar-refractivity contribution >= 4 is 22.8 Å². The standard InChI is InChI=1S/C14H19N3O2.C7H16.C2H6/c1-14(2,3)12-16-10-8-9(15-13(18)19-5)6-7-11(10)17(12)4;1-3-5-7-6-4-2;1-2/h6-8H,1-5H3,(H,15,18);3-7H2,1-2H3;1-2H3. The molecule has 0 bridgehead atoms. The Morgan fingerprint density at radius 2 is 1.68 bits per heavy atom. The zero-order valence-corrected chi connectivity index (χ0v) is 19.5. The number of fused-ring (bicyclic) bond motifs is 1. The second kappa shape index (κ2) is 13.2. The number of hydrogen-bond acceptors (Lipinski definition) is 3. The number of benzene rings is 1. The molecule has 0 atom stereocenters. The van der Waals surface area contributed by atoms with Gasteiger partial charge < -0.3 is 9.30 Å². The third-order valence-corrected chi connectivity index (χ3v) is 4.19. The van der Waals surface area contributed by atoms with E-state index in [9.17, 15) is 4.79 Å². The van der Waals surface area contributed by atoms with Gasteiger partial charge in [0.25, 0.3) is 0 Å². The number of imidazole rings is 1. The molecule has 0 saturated carbocycles. The largest absolute Gasteiger partial charge is 0.453 e. The minimum absolute atomic E-state index is 0.0241. The monoisotopic (exact) mass is 391 g/mol. The number of carbonyl (C=O) groups excluding carboxylic acids is 1. The van der Waals surface area contributed by atoms with Crippen molar-refractivity contribution in [3.63, 3.8) is 0 Å². The molecule has 0 saturated heterocycles. The molecule has 5 heteroatoms. The predicted octanol–water partition coefficient (Wildman–Crippen LogP) is 7.05. The number of hydrogen-bond donors (Lipinski definition) is 1. The van der Waals surface area contributed by atoms with E-state index in [2.05, 4.69) is 54.2 Å². The van der Waals surface area contributed by atoms with Gasteiger partial charge in [0.15, 0.2) is 0 Å². The first-order valence-electron chi connectivity index (χ1n) is 10.6. The van der Waals surface area contributed by atoms with Gasteiger partial charge in [-0.05, 0) is 18.2 Å². The molecule has 1 amide bonds. The van der Waals surface area contributed by atoms with Crippen molar-refractivity contribution in [2.24, 2.45) is 7.05 Å². The van der Waals surface area contributed by atoms with E-state index in [1.54, 1.807) is 0 Å². The molecule has 2 rings (SSSR count). The molecule has 5 nitrogen and oxygen atoms in total.